The van der Waals surface area contributed by atoms with E-state index >= 15 is 0 Å². The van der Waals surface area contributed by atoms with E-state index in [1.165, 1.54) is 4.90 Å². The maximum atomic E-state index is 10.2. The van der Waals surface area contributed by atoms with Crippen molar-refractivity contribution in [3.63, 3.8) is 0 Å². The number of likely N-dealkylation sites (tertiary alicyclic amines) is 1. The number of hydrogen-bond acceptors (Lipinski definition) is 2. The third kappa shape index (κ3) is 0.853. The molecule has 52 valence electrons. The van der Waals surface area contributed by atoms with Crippen LogP contribution in [0.15, 0.2) is 0 Å². The zero-order chi connectivity index (χ0) is 7.02. The number of hydrogen-bond donors (Lipinski definition) is 2. The maximum Gasteiger partial charge on any atom is 0.407 e. The first kappa shape index (κ1) is 6.35. The molecule has 0 aromatic carbocycles. The highest BCUT2D eigenvalue weighted by atomic mass is 16.4. The summed E-state index contributed by atoms with van der Waals surface area (Å²) in [5.41, 5.74) is 5.45. The van der Waals surface area contributed by atoms with Crippen LogP contribution >= 0.6 is 0 Å². The van der Waals surface area contributed by atoms with Gasteiger partial charge in [0.2, 0.25) is 0 Å². The Balaban J connectivity index is 2.42. The van der Waals surface area contributed by atoms with E-state index in [0.717, 1.165) is 0 Å². The molecule has 1 rings (SSSR count). The number of carboxylic acid groups (broad SMARTS) is 1. The van der Waals surface area contributed by atoms with Gasteiger partial charge in [-0.05, 0) is 6.92 Å². The maximum absolute atomic E-state index is 10.2. The summed E-state index contributed by atoms with van der Waals surface area (Å²) in [7, 11) is 0. The second-order valence-corrected chi connectivity index (χ2v) is 2.34. The lowest BCUT2D eigenvalue weighted by Crippen LogP contribution is -2.64. The second kappa shape index (κ2) is 1.88. The first-order valence-electron chi connectivity index (χ1n) is 2.88. The van der Waals surface area contributed by atoms with Gasteiger partial charge in [-0.15, -0.1) is 0 Å². The Morgan fingerprint density at radius 3 is 2.56 bits per heavy atom. The fourth-order valence-electron chi connectivity index (χ4n) is 0.891. The van der Waals surface area contributed by atoms with Gasteiger partial charge < -0.3 is 15.7 Å². The number of nitrogens with zero attached hydrogens (tertiary/aromatic N) is 1. The number of amides is 1. The van der Waals surface area contributed by atoms with Gasteiger partial charge in [0.05, 0.1) is 0 Å². The third-order valence-electron chi connectivity index (χ3n) is 1.76. The van der Waals surface area contributed by atoms with Gasteiger partial charge >= 0.3 is 6.09 Å². The lowest BCUT2D eigenvalue weighted by Gasteiger charge is -2.42. The number of rotatable bonds is 0. The Morgan fingerprint density at radius 2 is 2.44 bits per heavy atom. The molecule has 0 aromatic rings. The van der Waals surface area contributed by atoms with Gasteiger partial charge in [0.1, 0.15) is 0 Å². The number of nitrogens with two attached hydrogens (primary N) is 1. The van der Waals surface area contributed by atoms with Crippen molar-refractivity contribution in [3.05, 3.63) is 0 Å². The zero-order valence-electron chi connectivity index (χ0n) is 5.24. The van der Waals surface area contributed by atoms with Crippen molar-refractivity contribution in [2.24, 2.45) is 5.73 Å². The first-order chi connectivity index (χ1) is 4.13. The Hall–Kier alpha value is -0.770. The summed E-state index contributed by atoms with van der Waals surface area (Å²) < 4.78 is 0. The van der Waals surface area contributed by atoms with Crippen molar-refractivity contribution in [3.8, 4) is 0 Å². The van der Waals surface area contributed by atoms with Crippen LogP contribution in [0.25, 0.3) is 0 Å². The molecule has 0 unspecified atom stereocenters. The average molecular weight is 130 g/mol. The van der Waals surface area contributed by atoms with Crippen LogP contribution in [0, 0.1) is 0 Å². The lowest BCUT2D eigenvalue weighted by molar-refractivity contribution is 0.0668. The quantitative estimate of drug-likeness (QED) is 0.473. The topological polar surface area (TPSA) is 66.6 Å². The summed E-state index contributed by atoms with van der Waals surface area (Å²) in [6.07, 6.45) is -0.871. The van der Waals surface area contributed by atoms with Crippen molar-refractivity contribution < 1.29 is 9.90 Å². The minimum Gasteiger partial charge on any atom is -0.465 e. The van der Waals surface area contributed by atoms with Crippen LogP contribution < -0.4 is 5.73 Å². The fourth-order valence-corrected chi connectivity index (χ4v) is 0.891. The van der Waals surface area contributed by atoms with Crippen LogP contribution in [0.4, 0.5) is 4.79 Å². The zero-order valence-corrected chi connectivity index (χ0v) is 5.24. The monoisotopic (exact) mass is 130 g/mol. The highest BCUT2D eigenvalue weighted by Gasteiger charge is 2.35. The molecule has 4 heteroatoms. The van der Waals surface area contributed by atoms with E-state index in [4.69, 9.17) is 10.8 Å². The minimum atomic E-state index is -0.871. The molecule has 0 spiro atoms. The first-order valence-corrected chi connectivity index (χ1v) is 2.88. The van der Waals surface area contributed by atoms with Crippen LogP contribution in [-0.4, -0.2) is 34.7 Å². The van der Waals surface area contributed by atoms with Gasteiger partial charge in [0, 0.05) is 18.6 Å². The van der Waals surface area contributed by atoms with Crippen molar-refractivity contribution >= 4 is 6.09 Å². The molecule has 9 heavy (non-hydrogen) atoms. The van der Waals surface area contributed by atoms with E-state index in [0.29, 0.717) is 6.54 Å². The molecule has 1 amide bonds. The predicted octanol–water partition coefficient (Wildman–Crippen LogP) is -0.304. The smallest absolute Gasteiger partial charge is 0.407 e. The van der Waals surface area contributed by atoms with Crippen molar-refractivity contribution in [2.75, 3.05) is 6.54 Å². The molecule has 2 atom stereocenters. The van der Waals surface area contributed by atoms with Crippen LogP contribution in [0.2, 0.25) is 0 Å². The molecule has 0 bridgehead atoms. The molecule has 0 aromatic heterocycles. The Kier molecular flexibility index (Phi) is 1.32. The summed E-state index contributed by atoms with van der Waals surface area (Å²) in [4.78, 5) is 11.5. The van der Waals surface area contributed by atoms with Gasteiger partial charge in [-0.1, -0.05) is 0 Å². The third-order valence-corrected chi connectivity index (χ3v) is 1.76. The van der Waals surface area contributed by atoms with Gasteiger partial charge in [-0.2, -0.15) is 0 Å². The molecule has 3 N–H and O–H groups in total. The van der Waals surface area contributed by atoms with Crippen molar-refractivity contribution in [2.45, 2.75) is 19.0 Å². The summed E-state index contributed by atoms with van der Waals surface area (Å²) in [6.45, 7) is 2.29. The summed E-state index contributed by atoms with van der Waals surface area (Å²) in [5, 5.41) is 8.39. The van der Waals surface area contributed by atoms with E-state index < -0.39 is 6.09 Å². The Morgan fingerprint density at radius 1 is 1.89 bits per heavy atom. The molecule has 4 nitrogen and oxygen atoms in total. The molecule has 1 fully saturated rings. The highest BCUT2D eigenvalue weighted by molar-refractivity contribution is 5.66. The molecule has 0 saturated carbocycles. The fraction of sp³-hybridized carbons (Fsp3) is 0.800. The van der Waals surface area contributed by atoms with E-state index in [1.54, 1.807) is 0 Å². The van der Waals surface area contributed by atoms with E-state index in [9.17, 15) is 4.79 Å². The minimum absolute atomic E-state index is 0.00231. The van der Waals surface area contributed by atoms with Crippen LogP contribution in [-0.2, 0) is 0 Å². The van der Waals surface area contributed by atoms with Crippen molar-refractivity contribution in [1.82, 2.24) is 4.90 Å². The second-order valence-electron chi connectivity index (χ2n) is 2.34. The van der Waals surface area contributed by atoms with Crippen LogP contribution in [0.5, 0.6) is 0 Å². The molecule has 0 aliphatic carbocycles. The van der Waals surface area contributed by atoms with E-state index in [1.807, 2.05) is 6.92 Å². The Labute approximate surface area is 53.2 Å². The van der Waals surface area contributed by atoms with Gasteiger partial charge in [0.25, 0.3) is 0 Å². The molecule has 1 aliphatic rings. The average Bonchev–Trinajstić information content (AvgIpc) is 1.81. The molecular formula is C5H10N2O2. The summed E-state index contributed by atoms with van der Waals surface area (Å²) in [6, 6.07) is 0.0450. The van der Waals surface area contributed by atoms with E-state index in [-0.39, 0.29) is 12.1 Å². The largest absolute Gasteiger partial charge is 0.465 e. The summed E-state index contributed by atoms with van der Waals surface area (Å²) >= 11 is 0. The standard InChI is InChI=1S/C5H10N2O2/c1-3-4(6)2-7(3)5(8)9/h3-4H,2,6H2,1H3,(H,8,9)/t3-,4+/m0/s1. The predicted molar refractivity (Wildman–Crippen MR) is 32.2 cm³/mol. The van der Waals surface area contributed by atoms with Gasteiger partial charge in [-0.25, -0.2) is 4.79 Å². The molecular weight excluding hydrogens is 120 g/mol. The van der Waals surface area contributed by atoms with Crippen molar-refractivity contribution in [1.29, 1.82) is 0 Å². The molecule has 1 heterocycles. The molecule has 1 aliphatic heterocycles. The molecule has 0 radical (unpaired) electrons. The normalized spacial score (nSPS) is 33.8. The SMILES string of the molecule is C[C@H]1[C@H](N)CN1C(=O)O. The van der Waals surface area contributed by atoms with Gasteiger partial charge in [0.15, 0.2) is 0 Å². The van der Waals surface area contributed by atoms with Gasteiger partial charge in [-0.3, -0.25) is 0 Å². The van der Waals surface area contributed by atoms with Crippen LogP contribution in [0.3, 0.4) is 0 Å². The summed E-state index contributed by atoms with van der Waals surface area (Å²) in [5.74, 6) is 0. The number of carbonyl (C=O) groups is 1. The lowest BCUT2D eigenvalue weighted by atomic mass is 10.0. The highest BCUT2D eigenvalue weighted by Crippen LogP contribution is 2.14. The molecule has 1 saturated heterocycles. The Bertz CT molecular complexity index is 137. The van der Waals surface area contributed by atoms with Crippen LogP contribution in [0.1, 0.15) is 6.92 Å². The van der Waals surface area contributed by atoms with E-state index in [2.05, 4.69) is 0 Å².